The Balaban J connectivity index is 2.38. The summed E-state index contributed by atoms with van der Waals surface area (Å²) in [5, 5.41) is 0. The predicted octanol–water partition coefficient (Wildman–Crippen LogP) is 3.77. The highest BCUT2D eigenvalue weighted by Gasteiger charge is 2.22. The molecule has 0 aromatic carbocycles. The smallest absolute Gasteiger partial charge is 0.202 e. The monoisotopic (exact) mass is 300 g/mol. The fourth-order valence-electron chi connectivity index (χ4n) is 2.92. The topological polar surface area (TPSA) is 34.6 Å². The molecule has 1 aliphatic rings. The minimum absolute atomic E-state index is 0.356. The van der Waals surface area contributed by atoms with Crippen molar-refractivity contribution in [2.24, 2.45) is 4.99 Å². The fraction of sp³-hybridized carbons (Fsp3) is 0.500. The van der Waals surface area contributed by atoms with E-state index in [1.165, 1.54) is 5.56 Å². The zero-order chi connectivity index (χ0) is 15.9. The zero-order valence-corrected chi connectivity index (χ0v) is 14.2. The molecule has 22 heavy (non-hydrogen) atoms. The molecule has 0 saturated carbocycles. The standard InChI is InChI=1S/C18H28N4/c1-5-19-18(21(6-2)7-3)22(8-4)17-16(13-14-20-17)15-11-9-10-12-15/h9-15,20H,5-8H2,1-4H3. The Bertz CT molecular complexity index is 537. The van der Waals surface area contributed by atoms with E-state index < -0.39 is 0 Å². The normalized spacial score (nSPS) is 14.8. The summed E-state index contributed by atoms with van der Waals surface area (Å²) in [7, 11) is 0. The first-order chi connectivity index (χ1) is 10.8. The molecule has 1 aliphatic carbocycles. The van der Waals surface area contributed by atoms with E-state index in [0.717, 1.165) is 38.0 Å². The number of nitrogens with zero attached hydrogens (tertiary/aromatic N) is 3. The number of hydrogen-bond donors (Lipinski definition) is 1. The van der Waals surface area contributed by atoms with Crippen LogP contribution in [-0.2, 0) is 0 Å². The van der Waals surface area contributed by atoms with Gasteiger partial charge in [-0.1, -0.05) is 24.3 Å². The molecule has 1 heterocycles. The number of H-pyrrole nitrogens is 1. The van der Waals surface area contributed by atoms with Crippen molar-refractivity contribution in [3.05, 3.63) is 42.1 Å². The summed E-state index contributed by atoms with van der Waals surface area (Å²) >= 11 is 0. The predicted molar refractivity (Wildman–Crippen MR) is 95.7 cm³/mol. The average Bonchev–Trinajstić information content (AvgIpc) is 3.20. The van der Waals surface area contributed by atoms with Crippen molar-refractivity contribution < 1.29 is 0 Å². The minimum atomic E-state index is 0.356. The third-order valence-electron chi connectivity index (χ3n) is 4.04. The van der Waals surface area contributed by atoms with Crippen LogP contribution in [0.25, 0.3) is 0 Å². The van der Waals surface area contributed by atoms with Crippen molar-refractivity contribution >= 4 is 11.8 Å². The molecule has 0 unspecified atom stereocenters. The molecule has 0 fully saturated rings. The van der Waals surface area contributed by atoms with E-state index in [2.05, 4.69) is 72.8 Å². The third-order valence-corrected chi connectivity index (χ3v) is 4.04. The molecular weight excluding hydrogens is 272 g/mol. The third kappa shape index (κ3) is 3.26. The number of aliphatic imine (C=N–C) groups is 1. The maximum atomic E-state index is 4.77. The second kappa shape index (κ2) is 7.87. The highest BCUT2D eigenvalue weighted by atomic mass is 15.4. The van der Waals surface area contributed by atoms with Crippen LogP contribution in [0.1, 0.15) is 39.2 Å². The number of rotatable bonds is 6. The molecule has 0 spiro atoms. The Labute approximate surface area is 134 Å². The van der Waals surface area contributed by atoms with Gasteiger partial charge in [0.2, 0.25) is 5.96 Å². The fourth-order valence-corrected chi connectivity index (χ4v) is 2.92. The van der Waals surface area contributed by atoms with E-state index in [1.807, 2.05) is 6.20 Å². The second-order valence-corrected chi connectivity index (χ2v) is 5.27. The Morgan fingerprint density at radius 3 is 2.32 bits per heavy atom. The van der Waals surface area contributed by atoms with Crippen LogP contribution in [0.2, 0.25) is 0 Å². The van der Waals surface area contributed by atoms with E-state index in [4.69, 9.17) is 4.99 Å². The van der Waals surface area contributed by atoms with Crippen LogP contribution in [0.3, 0.4) is 0 Å². The minimum Gasteiger partial charge on any atom is -0.348 e. The Kier molecular flexibility index (Phi) is 5.87. The first kappa shape index (κ1) is 16.4. The lowest BCUT2D eigenvalue weighted by Gasteiger charge is -2.33. The lowest BCUT2D eigenvalue weighted by atomic mass is 10.0. The molecule has 0 amide bonds. The summed E-state index contributed by atoms with van der Waals surface area (Å²) in [6, 6.07) is 2.18. The molecule has 0 radical (unpaired) electrons. The van der Waals surface area contributed by atoms with Gasteiger partial charge in [-0.2, -0.15) is 0 Å². The van der Waals surface area contributed by atoms with Crippen LogP contribution >= 0.6 is 0 Å². The molecule has 4 nitrogen and oxygen atoms in total. The summed E-state index contributed by atoms with van der Waals surface area (Å²) in [4.78, 5) is 12.8. The summed E-state index contributed by atoms with van der Waals surface area (Å²) in [5.41, 5.74) is 1.31. The van der Waals surface area contributed by atoms with E-state index >= 15 is 0 Å². The van der Waals surface area contributed by atoms with Gasteiger partial charge in [-0.05, 0) is 33.8 Å². The molecule has 120 valence electrons. The van der Waals surface area contributed by atoms with Gasteiger partial charge in [-0.3, -0.25) is 9.89 Å². The summed E-state index contributed by atoms with van der Waals surface area (Å²) in [6.45, 7) is 12.2. The summed E-state index contributed by atoms with van der Waals surface area (Å²) < 4.78 is 0. The highest BCUT2D eigenvalue weighted by molar-refractivity contribution is 5.96. The number of allylic oxidation sites excluding steroid dienone is 4. The molecule has 1 N–H and O–H groups in total. The molecule has 0 aliphatic heterocycles. The van der Waals surface area contributed by atoms with Gasteiger partial charge in [0.25, 0.3) is 0 Å². The molecule has 0 atom stereocenters. The SMILES string of the molecule is CCN=C(N(CC)CC)N(CC)c1[nH]ccc1C1C=CC=C1. The van der Waals surface area contributed by atoms with Crippen LogP contribution in [-0.4, -0.2) is 42.0 Å². The molecule has 4 heteroatoms. The number of nitrogens with one attached hydrogen (secondary N) is 1. The van der Waals surface area contributed by atoms with Crippen LogP contribution < -0.4 is 4.90 Å². The van der Waals surface area contributed by atoms with Gasteiger partial charge < -0.3 is 9.88 Å². The molecule has 1 aromatic rings. The van der Waals surface area contributed by atoms with E-state index in [1.54, 1.807) is 0 Å². The van der Waals surface area contributed by atoms with Gasteiger partial charge in [-0.25, -0.2) is 0 Å². The van der Waals surface area contributed by atoms with Crippen molar-refractivity contribution in [3.63, 3.8) is 0 Å². The summed E-state index contributed by atoms with van der Waals surface area (Å²) in [5.74, 6) is 2.57. The average molecular weight is 300 g/mol. The van der Waals surface area contributed by atoms with Crippen LogP contribution in [0.5, 0.6) is 0 Å². The van der Waals surface area contributed by atoms with Crippen molar-refractivity contribution in [1.29, 1.82) is 0 Å². The van der Waals surface area contributed by atoms with Crippen LogP contribution in [0, 0.1) is 0 Å². The lowest BCUT2D eigenvalue weighted by Crippen LogP contribution is -2.45. The molecule has 2 rings (SSSR count). The molecule has 1 aromatic heterocycles. The van der Waals surface area contributed by atoms with Crippen LogP contribution in [0.15, 0.2) is 41.6 Å². The quantitative estimate of drug-likeness (QED) is 0.641. The number of aromatic amines is 1. The second-order valence-electron chi connectivity index (χ2n) is 5.27. The van der Waals surface area contributed by atoms with E-state index in [9.17, 15) is 0 Å². The van der Waals surface area contributed by atoms with Gasteiger partial charge in [-0.15, -0.1) is 0 Å². The molecule has 0 saturated heterocycles. The lowest BCUT2D eigenvalue weighted by molar-refractivity contribution is 0.453. The number of anilines is 1. The Morgan fingerprint density at radius 1 is 1.09 bits per heavy atom. The number of hydrogen-bond acceptors (Lipinski definition) is 1. The van der Waals surface area contributed by atoms with Gasteiger partial charge >= 0.3 is 0 Å². The van der Waals surface area contributed by atoms with Gasteiger partial charge in [0.1, 0.15) is 5.82 Å². The number of aromatic nitrogens is 1. The van der Waals surface area contributed by atoms with E-state index in [0.29, 0.717) is 5.92 Å². The van der Waals surface area contributed by atoms with Crippen molar-refractivity contribution in [3.8, 4) is 0 Å². The van der Waals surface area contributed by atoms with Crippen molar-refractivity contribution in [2.45, 2.75) is 33.6 Å². The van der Waals surface area contributed by atoms with Gasteiger partial charge in [0, 0.05) is 43.9 Å². The highest BCUT2D eigenvalue weighted by Crippen LogP contribution is 2.31. The summed E-state index contributed by atoms with van der Waals surface area (Å²) in [6.07, 6.45) is 10.7. The van der Waals surface area contributed by atoms with E-state index in [-0.39, 0.29) is 0 Å². The molecule has 0 bridgehead atoms. The number of guanidine groups is 1. The molecular formula is C18H28N4. The Morgan fingerprint density at radius 2 is 1.77 bits per heavy atom. The van der Waals surface area contributed by atoms with Crippen LogP contribution in [0.4, 0.5) is 5.82 Å². The zero-order valence-electron chi connectivity index (χ0n) is 14.2. The maximum Gasteiger partial charge on any atom is 0.202 e. The van der Waals surface area contributed by atoms with Gasteiger partial charge in [0.15, 0.2) is 0 Å². The largest absolute Gasteiger partial charge is 0.348 e. The van der Waals surface area contributed by atoms with Gasteiger partial charge in [0.05, 0.1) is 0 Å². The first-order valence-electron chi connectivity index (χ1n) is 8.35. The maximum absolute atomic E-state index is 4.77. The Hall–Kier alpha value is -1.97. The first-order valence-corrected chi connectivity index (χ1v) is 8.35. The van der Waals surface area contributed by atoms with Crippen molar-refractivity contribution in [1.82, 2.24) is 9.88 Å². The van der Waals surface area contributed by atoms with Crippen molar-refractivity contribution in [2.75, 3.05) is 31.1 Å².